The molecule has 2 aliphatic rings. The van der Waals surface area contributed by atoms with Crippen LogP contribution in [0.3, 0.4) is 0 Å². The number of sulfonamides is 1. The molecule has 2 heterocycles. The molecule has 25 heavy (non-hydrogen) atoms. The summed E-state index contributed by atoms with van der Waals surface area (Å²) in [6.45, 7) is 3.85. The number of carbonyl (C=O) groups is 1. The minimum absolute atomic E-state index is 0.0617. The summed E-state index contributed by atoms with van der Waals surface area (Å²) in [6, 6.07) is 9.63. The van der Waals surface area contributed by atoms with E-state index < -0.39 is 10.0 Å². The maximum atomic E-state index is 12.6. The number of para-hydroxylation sites is 1. The van der Waals surface area contributed by atoms with Gasteiger partial charge in [-0.15, -0.1) is 0 Å². The average Bonchev–Trinajstić information content (AvgIpc) is 3.04. The standard InChI is InChI=1S/C18H27N3O3S/c1-3-4-12-25(23,24)20-11-10-18(14-20)15-21(17(22)13-19(18)2)16-8-6-5-7-9-16/h5-9H,3-4,10-15H2,1-2H3. The van der Waals surface area contributed by atoms with E-state index in [0.717, 1.165) is 18.5 Å². The van der Waals surface area contributed by atoms with Crippen molar-refractivity contribution in [2.45, 2.75) is 31.7 Å². The zero-order chi connectivity index (χ0) is 18.1. The van der Waals surface area contributed by atoms with Gasteiger partial charge < -0.3 is 4.90 Å². The Kier molecular flexibility index (Phi) is 5.18. The van der Waals surface area contributed by atoms with Gasteiger partial charge in [-0.05, 0) is 32.0 Å². The Labute approximate surface area is 150 Å². The van der Waals surface area contributed by atoms with Gasteiger partial charge in [0.25, 0.3) is 0 Å². The van der Waals surface area contributed by atoms with Crippen LogP contribution in [0.25, 0.3) is 0 Å². The van der Waals surface area contributed by atoms with Gasteiger partial charge in [0, 0.05) is 25.3 Å². The van der Waals surface area contributed by atoms with E-state index in [1.54, 1.807) is 4.31 Å². The third-order valence-corrected chi connectivity index (χ3v) is 7.35. The first-order valence-electron chi connectivity index (χ1n) is 8.92. The monoisotopic (exact) mass is 365 g/mol. The number of benzene rings is 1. The van der Waals surface area contributed by atoms with Crippen LogP contribution in [-0.4, -0.2) is 68.0 Å². The molecule has 0 saturated carbocycles. The lowest BCUT2D eigenvalue weighted by Crippen LogP contribution is -2.64. The summed E-state index contributed by atoms with van der Waals surface area (Å²) in [5.41, 5.74) is 0.579. The minimum Gasteiger partial charge on any atom is -0.309 e. The Hall–Kier alpha value is -1.44. The van der Waals surface area contributed by atoms with Crippen LogP contribution in [0.15, 0.2) is 30.3 Å². The van der Waals surface area contributed by atoms with Crippen molar-refractivity contribution in [3.63, 3.8) is 0 Å². The van der Waals surface area contributed by atoms with Crippen LogP contribution in [-0.2, 0) is 14.8 Å². The molecule has 0 bridgehead atoms. The van der Waals surface area contributed by atoms with Gasteiger partial charge in [-0.25, -0.2) is 8.42 Å². The van der Waals surface area contributed by atoms with Gasteiger partial charge >= 0.3 is 0 Å². The maximum Gasteiger partial charge on any atom is 0.241 e. The fourth-order valence-electron chi connectivity index (χ4n) is 3.76. The fourth-order valence-corrected chi connectivity index (χ4v) is 5.47. The van der Waals surface area contributed by atoms with Crippen molar-refractivity contribution in [2.75, 3.05) is 43.9 Å². The topological polar surface area (TPSA) is 60.9 Å². The lowest BCUT2D eigenvalue weighted by Gasteiger charge is -2.46. The molecule has 0 N–H and O–H groups in total. The molecule has 0 aliphatic carbocycles. The molecule has 0 aromatic heterocycles. The minimum atomic E-state index is -3.21. The number of nitrogens with zero attached hydrogens (tertiary/aromatic N) is 3. The molecule has 2 saturated heterocycles. The SMILES string of the molecule is CCCCS(=O)(=O)N1CCC2(CN(c3ccccc3)C(=O)CN2C)C1. The zero-order valence-electron chi connectivity index (χ0n) is 15.0. The molecular weight excluding hydrogens is 338 g/mol. The average molecular weight is 365 g/mol. The number of hydrogen-bond donors (Lipinski definition) is 0. The van der Waals surface area contributed by atoms with E-state index >= 15 is 0 Å². The van der Waals surface area contributed by atoms with Crippen LogP contribution in [0, 0.1) is 0 Å². The first-order chi connectivity index (χ1) is 11.9. The van der Waals surface area contributed by atoms with Crippen LogP contribution >= 0.6 is 0 Å². The number of unbranched alkanes of at least 4 members (excludes halogenated alkanes) is 1. The van der Waals surface area contributed by atoms with Gasteiger partial charge in [0.15, 0.2) is 0 Å². The number of rotatable bonds is 5. The molecule has 2 aliphatic heterocycles. The van der Waals surface area contributed by atoms with Gasteiger partial charge in [0.1, 0.15) is 0 Å². The summed E-state index contributed by atoms with van der Waals surface area (Å²) in [5, 5.41) is 0. The van der Waals surface area contributed by atoms with E-state index in [-0.39, 0.29) is 17.2 Å². The van der Waals surface area contributed by atoms with E-state index in [0.29, 0.717) is 32.6 Å². The molecule has 3 rings (SSSR count). The highest BCUT2D eigenvalue weighted by Crippen LogP contribution is 2.34. The highest BCUT2D eigenvalue weighted by molar-refractivity contribution is 7.89. The number of piperazine rings is 1. The second kappa shape index (κ2) is 7.05. The van der Waals surface area contributed by atoms with Gasteiger partial charge in [-0.3, -0.25) is 9.69 Å². The molecular formula is C18H27N3O3S. The van der Waals surface area contributed by atoms with Crippen LogP contribution < -0.4 is 4.90 Å². The normalized spacial score (nSPS) is 25.8. The first-order valence-corrected chi connectivity index (χ1v) is 10.5. The van der Waals surface area contributed by atoms with Crippen LogP contribution in [0.5, 0.6) is 0 Å². The lowest BCUT2D eigenvalue weighted by molar-refractivity contribution is -0.123. The lowest BCUT2D eigenvalue weighted by atomic mass is 9.92. The van der Waals surface area contributed by atoms with Gasteiger partial charge in [0.2, 0.25) is 15.9 Å². The van der Waals surface area contributed by atoms with E-state index in [2.05, 4.69) is 0 Å². The summed E-state index contributed by atoms with van der Waals surface area (Å²) in [4.78, 5) is 16.4. The molecule has 1 spiro atoms. The zero-order valence-corrected chi connectivity index (χ0v) is 15.8. The van der Waals surface area contributed by atoms with Crippen LogP contribution in [0.2, 0.25) is 0 Å². The molecule has 1 atom stereocenters. The number of carbonyl (C=O) groups excluding carboxylic acids is 1. The molecule has 1 aromatic rings. The summed E-state index contributed by atoms with van der Waals surface area (Å²) in [5.74, 6) is 0.275. The summed E-state index contributed by atoms with van der Waals surface area (Å²) >= 11 is 0. The Morgan fingerprint density at radius 2 is 1.88 bits per heavy atom. The van der Waals surface area contributed by atoms with Crippen molar-refractivity contribution in [2.24, 2.45) is 0 Å². The third kappa shape index (κ3) is 3.59. The maximum absolute atomic E-state index is 12.6. The smallest absolute Gasteiger partial charge is 0.241 e. The quantitative estimate of drug-likeness (QED) is 0.794. The van der Waals surface area contributed by atoms with Crippen molar-refractivity contribution < 1.29 is 13.2 Å². The van der Waals surface area contributed by atoms with Crippen molar-refractivity contribution in [3.8, 4) is 0 Å². The Morgan fingerprint density at radius 1 is 1.16 bits per heavy atom. The predicted molar refractivity (Wildman–Crippen MR) is 99.0 cm³/mol. The highest BCUT2D eigenvalue weighted by atomic mass is 32.2. The molecule has 6 nitrogen and oxygen atoms in total. The summed E-state index contributed by atoms with van der Waals surface area (Å²) in [7, 11) is -1.28. The number of likely N-dealkylation sites (N-methyl/N-ethyl adjacent to an activating group) is 1. The molecule has 0 radical (unpaired) electrons. The molecule has 1 amide bonds. The largest absolute Gasteiger partial charge is 0.309 e. The van der Waals surface area contributed by atoms with E-state index in [9.17, 15) is 13.2 Å². The second-order valence-corrected chi connectivity index (χ2v) is 9.24. The molecule has 7 heteroatoms. The van der Waals surface area contributed by atoms with Crippen molar-refractivity contribution >= 4 is 21.6 Å². The van der Waals surface area contributed by atoms with Crippen molar-refractivity contribution in [1.29, 1.82) is 0 Å². The van der Waals surface area contributed by atoms with Crippen LogP contribution in [0.4, 0.5) is 5.69 Å². The Bertz CT molecular complexity index is 722. The molecule has 138 valence electrons. The molecule has 1 aromatic carbocycles. The van der Waals surface area contributed by atoms with Gasteiger partial charge in [0.05, 0.1) is 17.8 Å². The summed E-state index contributed by atoms with van der Waals surface area (Å²) < 4.78 is 26.8. The number of anilines is 1. The summed E-state index contributed by atoms with van der Waals surface area (Å²) in [6.07, 6.45) is 2.32. The number of amides is 1. The van der Waals surface area contributed by atoms with Gasteiger partial charge in [-0.2, -0.15) is 4.31 Å². The van der Waals surface area contributed by atoms with Gasteiger partial charge in [-0.1, -0.05) is 31.5 Å². The predicted octanol–water partition coefficient (Wildman–Crippen LogP) is 1.54. The first kappa shape index (κ1) is 18.4. The molecule has 2 fully saturated rings. The van der Waals surface area contributed by atoms with E-state index in [1.807, 2.05) is 54.1 Å². The highest BCUT2D eigenvalue weighted by Gasteiger charge is 2.49. The number of hydrogen-bond acceptors (Lipinski definition) is 4. The third-order valence-electron chi connectivity index (χ3n) is 5.45. The van der Waals surface area contributed by atoms with E-state index in [1.165, 1.54) is 0 Å². The van der Waals surface area contributed by atoms with Crippen molar-refractivity contribution in [1.82, 2.24) is 9.21 Å². The molecule has 1 unspecified atom stereocenters. The fraction of sp³-hybridized carbons (Fsp3) is 0.611. The van der Waals surface area contributed by atoms with Crippen molar-refractivity contribution in [3.05, 3.63) is 30.3 Å². The van der Waals surface area contributed by atoms with Crippen LogP contribution in [0.1, 0.15) is 26.2 Å². The second-order valence-electron chi connectivity index (χ2n) is 7.15. The Morgan fingerprint density at radius 3 is 2.56 bits per heavy atom. The van der Waals surface area contributed by atoms with E-state index in [4.69, 9.17) is 0 Å². The Balaban J connectivity index is 1.80.